The highest BCUT2D eigenvalue weighted by molar-refractivity contribution is 5.79. The number of nitrogens with zero attached hydrogens (tertiary/aromatic N) is 1. The Morgan fingerprint density at radius 2 is 2.00 bits per heavy atom. The number of methoxy groups -OCH3 is 1. The van der Waals surface area contributed by atoms with Gasteiger partial charge in [-0.25, -0.2) is 0 Å². The normalized spacial score (nSPS) is 23.7. The van der Waals surface area contributed by atoms with Crippen LogP contribution in [0.1, 0.15) is 12.8 Å². The van der Waals surface area contributed by atoms with Crippen molar-refractivity contribution >= 4 is 11.9 Å². The summed E-state index contributed by atoms with van der Waals surface area (Å²) in [5, 5.41) is 8.80. The number of carbonyl (C=O) groups excluding carboxylic acids is 1. The molecule has 19 heavy (non-hydrogen) atoms. The van der Waals surface area contributed by atoms with Gasteiger partial charge < -0.3 is 14.7 Å². The number of aliphatic carboxylic acids is 1. The van der Waals surface area contributed by atoms with E-state index in [0.717, 1.165) is 4.90 Å². The maximum absolute atomic E-state index is 12.7. The highest BCUT2D eigenvalue weighted by Crippen LogP contribution is 2.37. The SMILES string of the molecule is COCCCC(=O)N1C[C@@H](C(F)(F)F)[C@H](C(=O)O)C1. The van der Waals surface area contributed by atoms with Crippen molar-refractivity contribution in [3.05, 3.63) is 0 Å². The van der Waals surface area contributed by atoms with Gasteiger partial charge in [-0.2, -0.15) is 13.2 Å². The summed E-state index contributed by atoms with van der Waals surface area (Å²) in [7, 11) is 1.46. The first kappa shape index (κ1) is 15.7. The van der Waals surface area contributed by atoms with Crippen molar-refractivity contribution in [3.8, 4) is 0 Å². The van der Waals surface area contributed by atoms with Gasteiger partial charge in [-0.1, -0.05) is 0 Å². The van der Waals surface area contributed by atoms with Gasteiger partial charge in [-0.15, -0.1) is 0 Å². The topological polar surface area (TPSA) is 66.8 Å². The number of carboxylic acids is 1. The fourth-order valence-electron chi connectivity index (χ4n) is 2.12. The van der Waals surface area contributed by atoms with Crippen molar-refractivity contribution in [1.82, 2.24) is 4.90 Å². The second-order valence-corrected chi connectivity index (χ2v) is 4.49. The second-order valence-electron chi connectivity index (χ2n) is 4.49. The van der Waals surface area contributed by atoms with Gasteiger partial charge in [0.15, 0.2) is 0 Å². The van der Waals surface area contributed by atoms with Crippen LogP contribution in [0.3, 0.4) is 0 Å². The average molecular weight is 283 g/mol. The number of alkyl halides is 3. The zero-order chi connectivity index (χ0) is 14.6. The van der Waals surface area contributed by atoms with Crippen LogP contribution in [0, 0.1) is 11.8 Å². The molecule has 0 radical (unpaired) electrons. The lowest BCUT2D eigenvalue weighted by Gasteiger charge is -2.18. The molecule has 0 aromatic carbocycles. The summed E-state index contributed by atoms with van der Waals surface area (Å²) in [5.41, 5.74) is 0. The molecule has 0 aromatic heterocycles. The Morgan fingerprint density at radius 3 is 2.42 bits per heavy atom. The summed E-state index contributed by atoms with van der Waals surface area (Å²) in [6.45, 7) is -0.623. The first-order valence-corrected chi connectivity index (χ1v) is 5.83. The highest BCUT2D eigenvalue weighted by Gasteiger charge is 2.53. The van der Waals surface area contributed by atoms with Crippen LogP contribution in [0.5, 0.6) is 0 Å². The van der Waals surface area contributed by atoms with Crippen LogP contribution in [-0.4, -0.2) is 54.9 Å². The number of likely N-dealkylation sites (tertiary alicyclic amines) is 1. The number of amides is 1. The lowest BCUT2D eigenvalue weighted by atomic mass is 9.96. The number of carboxylic acid groups (broad SMARTS) is 1. The minimum Gasteiger partial charge on any atom is -0.481 e. The van der Waals surface area contributed by atoms with Crippen molar-refractivity contribution < 1.29 is 32.6 Å². The van der Waals surface area contributed by atoms with E-state index in [2.05, 4.69) is 0 Å². The van der Waals surface area contributed by atoms with Gasteiger partial charge in [-0.3, -0.25) is 9.59 Å². The van der Waals surface area contributed by atoms with Gasteiger partial charge in [0, 0.05) is 33.2 Å². The molecule has 0 aliphatic carbocycles. The van der Waals surface area contributed by atoms with Crippen molar-refractivity contribution in [1.29, 1.82) is 0 Å². The summed E-state index contributed by atoms with van der Waals surface area (Å²) in [5.74, 6) is -5.55. The molecule has 1 N–H and O–H groups in total. The van der Waals surface area contributed by atoms with Crippen LogP contribution < -0.4 is 0 Å². The molecule has 2 atom stereocenters. The fourth-order valence-corrected chi connectivity index (χ4v) is 2.12. The summed E-state index contributed by atoms with van der Waals surface area (Å²) < 4.78 is 42.8. The van der Waals surface area contributed by atoms with Crippen molar-refractivity contribution in [2.24, 2.45) is 11.8 Å². The van der Waals surface area contributed by atoms with Gasteiger partial charge in [0.1, 0.15) is 0 Å². The molecule has 0 aromatic rings. The van der Waals surface area contributed by atoms with E-state index in [0.29, 0.717) is 13.0 Å². The summed E-state index contributed by atoms with van der Waals surface area (Å²) in [6.07, 6.45) is -4.14. The predicted octanol–water partition coefficient (Wildman–Crippen LogP) is 1.13. The molecule has 110 valence electrons. The Labute approximate surface area is 108 Å². The molecule has 1 aliphatic heterocycles. The maximum Gasteiger partial charge on any atom is 0.394 e. The molecule has 0 saturated carbocycles. The van der Waals surface area contributed by atoms with Crippen LogP contribution in [0.4, 0.5) is 13.2 Å². The molecule has 0 bridgehead atoms. The van der Waals surface area contributed by atoms with Gasteiger partial charge in [0.25, 0.3) is 0 Å². The number of rotatable bonds is 5. The third-order valence-corrected chi connectivity index (χ3v) is 3.15. The van der Waals surface area contributed by atoms with E-state index in [9.17, 15) is 22.8 Å². The number of halogens is 3. The number of hydrogen-bond donors (Lipinski definition) is 1. The van der Waals surface area contributed by atoms with Crippen LogP contribution >= 0.6 is 0 Å². The molecular weight excluding hydrogens is 267 g/mol. The van der Waals surface area contributed by atoms with Crippen LogP contribution in [0.25, 0.3) is 0 Å². The van der Waals surface area contributed by atoms with Crippen LogP contribution in [0.2, 0.25) is 0 Å². The van der Waals surface area contributed by atoms with E-state index in [1.165, 1.54) is 7.11 Å². The van der Waals surface area contributed by atoms with Crippen molar-refractivity contribution in [2.75, 3.05) is 26.8 Å². The van der Waals surface area contributed by atoms with Crippen LogP contribution in [-0.2, 0) is 14.3 Å². The highest BCUT2D eigenvalue weighted by atomic mass is 19.4. The number of carbonyl (C=O) groups is 2. The Kier molecular flexibility index (Phi) is 5.16. The number of ether oxygens (including phenoxy) is 1. The van der Waals surface area contributed by atoms with E-state index in [1.54, 1.807) is 0 Å². The van der Waals surface area contributed by atoms with Crippen molar-refractivity contribution in [2.45, 2.75) is 19.0 Å². The minimum atomic E-state index is -4.61. The Bertz CT molecular complexity index is 345. The third kappa shape index (κ3) is 4.09. The summed E-state index contributed by atoms with van der Waals surface area (Å²) in [6, 6.07) is 0. The molecule has 5 nitrogen and oxygen atoms in total. The second kappa shape index (κ2) is 6.23. The molecule has 1 heterocycles. The third-order valence-electron chi connectivity index (χ3n) is 3.15. The maximum atomic E-state index is 12.7. The van der Waals surface area contributed by atoms with E-state index in [-0.39, 0.29) is 13.0 Å². The molecule has 1 saturated heterocycles. The van der Waals surface area contributed by atoms with E-state index < -0.39 is 36.4 Å². The van der Waals surface area contributed by atoms with Gasteiger partial charge >= 0.3 is 12.1 Å². The monoisotopic (exact) mass is 283 g/mol. The van der Waals surface area contributed by atoms with Crippen LogP contribution in [0.15, 0.2) is 0 Å². The van der Waals surface area contributed by atoms with E-state index in [4.69, 9.17) is 9.84 Å². The van der Waals surface area contributed by atoms with Gasteiger partial charge in [-0.05, 0) is 6.42 Å². The average Bonchev–Trinajstić information content (AvgIpc) is 2.73. The Balaban J connectivity index is 2.65. The number of hydrogen-bond acceptors (Lipinski definition) is 3. The van der Waals surface area contributed by atoms with E-state index in [1.807, 2.05) is 0 Å². The van der Waals surface area contributed by atoms with Gasteiger partial charge in [0.05, 0.1) is 11.8 Å². The molecule has 0 spiro atoms. The Hall–Kier alpha value is -1.31. The Morgan fingerprint density at radius 1 is 1.37 bits per heavy atom. The smallest absolute Gasteiger partial charge is 0.394 e. The molecule has 1 aliphatic rings. The zero-order valence-electron chi connectivity index (χ0n) is 10.4. The quantitative estimate of drug-likeness (QED) is 0.768. The first-order chi connectivity index (χ1) is 8.77. The lowest BCUT2D eigenvalue weighted by Crippen LogP contribution is -2.34. The zero-order valence-corrected chi connectivity index (χ0v) is 10.4. The molecule has 1 amide bonds. The lowest BCUT2D eigenvalue weighted by molar-refractivity contribution is -0.188. The standard InChI is InChI=1S/C11H16F3NO4/c1-19-4-2-3-9(16)15-5-7(10(17)18)8(6-15)11(12,13)14/h7-8H,2-6H2,1H3,(H,17,18)/t7-,8-/m1/s1. The predicted molar refractivity (Wildman–Crippen MR) is 58.4 cm³/mol. The molecule has 1 rings (SSSR count). The summed E-state index contributed by atoms with van der Waals surface area (Å²) in [4.78, 5) is 23.5. The first-order valence-electron chi connectivity index (χ1n) is 5.83. The fraction of sp³-hybridized carbons (Fsp3) is 0.818. The van der Waals surface area contributed by atoms with Crippen molar-refractivity contribution in [3.63, 3.8) is 0 Å². The molecule has 1 fully saturated rings. The molecular formula is C11H16F3NO4. The molecule has 0 unspecified atom stereocenters. The van der Waals surface area contributed by atoms with Gasteiger partial charge in [0.2, 0.25) is 5.91 Å². The minimum absolute atomic E-state index is 0.0603. The van der Waals surface area contributed by atoms with E-state index >= 15 is 0 Å². The molecule has 8 heteroatoms. The summed E-state index contributed by atoms with van der Waals surface area (Å²) >= 11 is 0. The largest absolute Gasteiger partial charge is 0.481 e.